The Morgan fingerprint density at radius 3 is 2.48 bits per heavy atom. The Balaban J connectivity index is 1.59. The van der Waals surface area contributed by atoms with Gasteiger partial charge in [-0.25, -0.2) is 8.42 Å². The zero-order chi connectivity index (χ0) is 19.3. The molecule has 1 N–H and O–H groups in total. The monoisotopic (exact) mass is 394 g/mol. The molecule has 1 saturated heterocycles. The molecule has 2 aliphatic rings. The van der Waals surface area contributed by atoms with E-state index >= 15 is 0 Å². The van der Waals surface area contributed by atoms with Crippen LogP contribution >= 0.6 is 0 Å². The summed E-state index contributed by atoms with van der Waals surface area (Å²) in [6.45, 7) is 1.44. The molecule has 0 bridgehead atoms. The Bertz CT molecular complexity index is 727. The predicted molar refractivity (Wildman–Crippen MR) is 104 cm³/mol. The number of amides is 1. The van der Waals surface area contributed by atoms with E-state index in [1.807, 2.05) is 0 Å². The van der Waals surface area contributed by atoms with Gasteiger partial charge in [0.05, 0.1) is 17.9 Å². The van der Waals surface area contributed by atoms with Gasteiger partial charge >= 0.3 is 0 Å². The molecule has 1 aliphatic carbocycles. The number of nitrogens with one attached hydrogen (secondary N) is 1. The fraction of sp³-hybridized carbons (Fsp3) is 0.650. The van der Waals surface area contributed by atoms with Crippen molar-refractivity contribution in [2.75, 3.05) is 26.7 Å². The van der Waals surface area contributed by atoms with Crippen LogP contribution in [-0.2, 0) is 14.8 Å². The Kier molecular flexibility index (Phi) is 6.76. The van der Waals surface area contributed by atoms with Crippen LogP contribution in [0.4, 0.5) is 0 Å². The van der Waals surface area contributed by atoms with Crippen molar-refractivity contribution in [3.8, 4) is 5.75 Å². The first-order valence-electron chi connectivity index (χ1n) is 9.92. The van der Waals surface area contributed by atoms with Gasteiger partial charge in [0.25, 0.3) is 0 Å². The van der Waals surface area contributed by atoms with E-state index in [2.05, 4.69) is 5.32 Å². The molecule has 150 valence electrons. The van der Waals surface area contributed by atoms with E-state index in [-0.39, 0.29) is 23.3 Å². The minimum absolute atomic E-state index is 0.00444. The van der Waals surface area contributed by atoms with Gasteiger partial charge in [-0.3, -0.25) is 4.79 Å². The lowest BCUT2D eigenvalue weighted by Gasteiger charge is -2.31. The highest BCUT2D eigenvalue weighted by molar-refractivity contribution is 7.89. The van der Waals surface area contributed by atoms with Gasteiger partial charge in [0, 0.05) is 19.6 Å². The van der Waals surface area contributed by atoms with E-state index in [0.29, 0.717) is 24.6 Å². The first-order valence-corrected chi connectivity index (χ1v) is 11.4. The molecular weight excluding hydrogens is 364 g/mol. The molecule has 1 amide bonds. The number of carbonyl (C=O) groups excluding carboxylic acids is 1. The van der Waals surface area contributed by atoms with Crippen molar-refractivity contribution in [2.24, 2.45) is 11.8 Å². The van der Waals surface area contributed by atoms with Crippen molar-refractivity contribution in [3.63, 3.8) is 0 Å². The number of hydrogen-bond donors (Lipinski definition) is 1. The molecule has 1 saturated carbocycles. The largest absolute Gasteiger partial charge is 0.497 e. The highest BCUT2D eigenvalue weighted by atomic mass is 32.2. The lowest BCUT2D eigenvalue weighted by molar-refractivity contribution is -0.126. The highest BCUT2D eigenvalue weighted by Crippen LogP contribution is 2.26. The van der Waals surface area contributed by atoms with E-state index < -0.39 is 10.0 Å². The third-order valence-corrected chi connectivity index (χ3v) is 7.62. The van der Waals surface area contributed by atoms with Crippen LogP contribution in [0.25, 0.3) is 0 Å². The van der Waals surface area contributed by atoms with Crippen LogP contribution in [0.5, 0.6) is 5.75 Å². The number of carbonyl (C=O) groups is 1. The molecule has 0 radical (unpaired) electrons. The van der Waals surface area contributed by atoms with E-state index in [0.717, 1.165) is 13.0 Å². The van der Waals surface area contributed by atoms with Crippen molar-refractivity contribution >= 4 is 15.9 Å². The Hall–Kier alpha value is -1.60. The molecular formula is C20H30N2O4S. The van der Waals surface area contributed by atoms with Crippen LogP contribution in [0.2, 0.25) is 0 Å². The van der Waals surface area contributed by atoms with Crippen LogP contribution in [0.15, 0.2) is 29.2 Å². The molecule has 27 heavy (non-hydrogen) atoms. The van der Waals surface area contributed by atoms with E-state index in [4.69, 9.17) is 4.74 Å². The molecule has 1 aromatic carbocycles. The average molecular weight is 395 g/mol. The second-order valence-corrected chi connectivity index (χ2v) is 9.56. The quantitative estimate of drug-likeness (QED) is 0.805. The van der Waals surface area contributed by atoms with Gasteiger partial charge in [0.15, 0.2) is 0 Å². The summed E-state index contributed by atoms with van der Waals surface area (Å²) in [5.41, 5.74) is 0. The third kappa shape index (κ3) is 5.02. The molecule has 2 fully saturated rings. The Morgan fingerprint density at radius 1 is 1.11 bits per heavy atom. The minimum Gasteiger partial charge on any atom is -0.497 e. The van der Waals surface area contributed by atoms with Crippen molar-refractivity contribution in [1.82, 2.24) is 9.62 Å². The van der Waals surface area contributed by atoms with Gasteiger partial charge in [0.1, 0.15) is 5.75 Å². The smallest absolute Gasteiger partial charge is 0.243 e. The minimum atomic E-state index is -3.59. The third-order valence-electron chi connectivity index (χ3n) is 5.74. The fourth-order valence-corrected chi connectivity index (χ4v) is 5.58. The summed E-state index contributed by atoms with van der Waals surface area (Å²) in [4.78, 5) is 12.8. The standard InChI is InChI=1S/C20H30N2O4S/c1-26-18-9-11-19(12-10-18)27(24,25)22-13-5-8-17(15-22)20(23)21-14-16-6-3-2-4-7-16/h9-12,16-17H,2-8,13-15H2,1H3,(H,21,23)/t17-/m0/s1. The molecule has 0 unspecified atom stereocenters. The van der Waals surface area contributed by atoms with Gasteiger partial charge in [-0.1, -0.05) is 19.3 Å². The predicted octanol–water partition coefficient (Wildman–Crippen LogP) is 2.79. The van der Waals surface area contributed by atoms with Crippen molar-refractivity contribution in [2.45, 2.75) is 49.8 Å². The van der Waals surface area contributed by atoms with Gasteiger partial charge in [-0.15, -0.1) is 0 Å². The Labute approximate surface area is 162 Å². The molecule has 1 heterocycles. The second kappa shape index (κ2) is 9.06. The van der Waals surface area contributed by atoms with Gasteiger partial charge in [-0.2, -0.15) is 4.31 Å². The normalized spacial score (nSPS) is 22.3. The number of ether oxygens (including phenoxy) is 1. The van der Waals surface area contributed by atoms with Gasteiger partial charge in [-0.05, 0) is 55.9 Å². The topological polar surface area (TPSA) is 75.7 Å². The van der Waals surface area contributed by atoms with E-state index in [9.17, 15) is 13.2 Å². The summed E-state index contributed by atoms with van der Waals surface area (Å²) in [7, 11) is -2.04. The summed E-state index contributed by atoms with van der Waals surface area (Å²) in [6.07, 6.45) is 7.61. The summed E-state index contributed by atoms with van der Waals surface area (Å²) in [5.74, 6) is 0.920. The number of nitrogens with zero attached hydrogens (tertiary/aromatic N) is 1. The second-order valence-electron chi connectivity index (χ2n) is 7.63. The van der Waals surface area contributed by atoms with Crippen molar-refractivity contribution in [1.29, 1.82) is 0 Å². The number of benzene rings is 1. The number of rotatable bonds is 6. The zero-order valence-electron chi connectivity index (χ0n) is 16.0. The number of piperidine rings is 1. The zero-order valence-corrected chi connectivity index (χ0v) is 16.8. The lowest BCUT2D eigenvalue weighted by Crippen LogP contribution is -2.46. The number of methoxy groups -OCH3 is 1. The first-order chi connectivity index (χ1) is 13.0. The van der Waals surface area contributed by atoms with Gasteiger partial charge in [0.2, 0.25) is 15.9 Å². The van der Waals surface area contributed by atoms with Crippen LogP contribution in [0.1, 0.15) is 44.9 Å². The maximum Gasteiger partial charge on any atom is 0.243 e. The molecule has 0 spiro atoms. The molecule has 1 aliphatic heterocycles. The summed E-state index contributed by atoms with van der Waals surface area (Å²) in [5, 5.41) is 3.07. The molecule has 6 nitrogen and oxygen atoms in total. The van der Waals surface area contributed by atoms with Crippen molar-refractivity contribution < 1.29 is 17.9 Å². The molecule has 7 heteroatoms. The molecule has 3 rings (SSSR count). The molecule has 0 aromatic heterocycles. The van der Waals surface area contributed by atoms with E-state index in [1.165, 1.54) is 36.4 Å². The number of hydrogen-bond acceptors (Lipinski definition) is 4. The van der Waals surface area contributed by atoms with Crippen LogP contribution in [0.3, 0.4) is 0 Å². The highest BCUT2D eigenvalue weighted by Gasteiger charge is 2.33. The molecule has 1 aromatic rings. The van der Waals surface area contributed by atoms with E-state index in [1.54, 1.807) is 31.4 Å². The van der Waals surface area contributed by atoms with Gasteiger partial charge < -0.3 is 10.1 Å². The first kappa shape index (κ1) is 20.1. The summed E-state index contributed by atoms with van der Waals surface area (Å²) in [6, 6.07) is 6.40. The summed E-state index contributed by atoms with van der Waals surface area (Å²) >= 11 is 0. The van der Waals surface area contributed by atoms with Crippen LogP contribution in [-0.4, -0.2) is 45.4 Å². The maximum absolute atomic E-state index is 12.9. The average Bonchev–Trinajstić information content (AvgIpc) is 2.73. The number of sulfonamides is 1. The fourth-order valence-electron chi connectivity index (χ4n) is 4.05. The van der Waals surface area contributed by atoms with Crippen LogP contribution < -0.4 is 10.1 Å². The Morgan fingerprint density at radius 2 is 1.81 bits per heavy atom. The lowest BCUT2D eigenvalue weighted by atomic mass is 9.89. The summed E-state index contributed by atoms with van der Waals surface area (Å²) < 4.78 is 32.4. The van der Waals surface area contributed by atoms with Crippen molar-refractivity contribution in [3.05, 3.63) is 24.3 Å². The SMILES string of the molecule is COc1ccc(S(=O)(=O)N2CCC[C@H](C(=O)NCC3CCCCC3)C2)cc1. The maximum atomic E-state index is 12.9. The molecule has 1 atom stereocenters. The van der Waals surface area contributed by atoms with Crippen LogP contribution in [0, 0.1) is 11.8 Å².